The van der Waals surface area contributed by atoms with Crippen LogP contribution in [0.4, 0.5) is 18.9 Å². The number of rotatable bonds is 4. The molecule has 2 fully saturated rings. The molecular formula is C30H21Cl2F3N4O4. The average Bonchev–Trinajstić information content (AvgIpc) is 3.23. The highest BCUT2D eigenvalue weighted by atomic mass is 35.5. The van der Waals surface area contributed by atoms with Gasteiger partial charge >= 0.3 is 5.97 Å². The van der Waals surface area contributed by atoms with Gasteiger partial charge in [-0.15, -0.1) is 0 Å². The number of benzene rings is 3. The van der Waals surface area contributed by atoms with Gasteiger partial charge in [0, 0.05) is 41.1 Å². The van der Waals surface area contributed by atoms with Crippen molar-refractivity contribution in [1.29, 1.82) is 0 Å². The minimum absolute atomic E-state index is 0.0124. The van der Waals surface area contributed by atoms with E-state index in [0.717, 1.165) is 0 Å². The molecule has 13 heteroatoms. The number of nitrogens with one attached hydrogen (secondary N) is 1. The number of nitrogens with zero attached hydrogens (tertiary/aromatic N) is 3. The molecule has 8 rings (SSSR count). The lowest BCUT2D eigenvalue weighted by Gasteiger charge is -2.39. The highest BCUT2D eigenvalue weighted by molar-refractivity contribution is 6.31. The fourth-order valence-electron chi connectivity index (χ4n) is 7.35. The van der Waals surface area contributed by atoms with Crippen LogP contribution in [0.5, 0.6) is 5.88 Å². The second kappa shape index (κ2) is 8.87. The van der Waals surface area contributed by atoms with Gasteiger partial charge in [-0.05, 0) is 42.0 Å². The van der Waals surface area contributed by atoms with Gasteiger partial charge in [-0.1, -0.05) is 41.4 Å². The van der Waals surface area contributed by atoms with Crippen LogP contribution in [0.1, 0.15) is 39.9 Å². The van der Waals surface area contributed by atoms with Crippen molar-refractivity contribution in [3.05, 3.63) is 87.2 Å². The number of carbonyl (C=O) groups is 2. The summed E-state index contributed by atoms with van der Waals surface area (Å²) >= 11 is 12.6. The van der Waals surface area contributed by atoms with Crippen LogP contribution < -0.4 is 10.1 Å². The third-order valence-corrected chi connectivity index (χ3v) is 9.81. The highest BCUT2D eigenvalue weighted by Crippen LogP contribution is 2.64. The number of aromatic nitrogens is 2. The SMILES string of the molecule is O=C(O)c1ccc2c3n(nc2c1)[C@@H]1[C@H](CO3)N(C[C@H]2CC2(F)F)[C@@]2(C(=O)Nc3cc(Cl)ccc32)[C@H]1c1cccc(Cl)c1F. The van der Waals surface area contributed by atoms with Gasteiger partial charge < -0.3 is 15.2 Å². The van der Waals surface area contributed by atoms with E-state index < -0.39 is 53.1 Å². The maximum atomic E-state index is 16.1. The lowest BCUT2D eigenvalue weighted by atomic mass is 9.73. The molecule has 5 atom stereocenters. The third-order valence-electron chi connectivity index (χ3n) is 9.29. The van der Waals surface area contributed by atoms with Crippen LogP contribution in [0.2, 0.25) is 10.0 Å². The van der Waals surface area contributed by atoms with E-state index in [0.29, 0.717) is 33.1 Å². The van der Waals surface area contributed by atoms with Crippen LogP contribution in [-0.4, -0.2) is 56.8 Å². The first kappa shape index (κ1) is 26.8. The van der Waals surface area contributed by atoms with Crippen molar-refractivity contribution in [1.82, 2.24) is 14.7 Å². The number of hydrogen-bond acceptors (Lipinski definition) is 5. The van der Waals surface area contributed by atoms with Gasteiger partial charge in [-0.3, -0.25) is 9.69 Å². The van der Waals surface area contributed by atoms with E-state index in [1.165, 1.54) is 18.2 Å². The number of ether oxygens (including phenoxy) is 1. The largest absolute Gasteiger partial charge is 0.478 e. The first-order valence-electron chi connectivity index (χ1n) is 13.6. The molecule has 8 nitrogen and oxygen atoms in total. The highest BCUT2D eigenvalue weighted by Gasteiger charge is 2.71. The standard InChI is InChI=1S/C30H21Cl2F3N4O4/c31-15-5-7-18-21(9-15)36-28(42)30(18)23(17-2-1-3-19(32)24(17)33)25-22(38(30)11-14-10-29(14,34)35)12-43-26-16-6-4-13(27(40)41)8-20(16)37-39(25)26/h1-9,14,22-23,25H,10-12H2,(H,36,42)(H,40,41)/t14-,22+,23+,25-,30-/m1/s1. The molecule has 1 aliphatic carbocycles. The molecule has 220 valence electrons. The summed E-state index contributed by atoms with van der Waals surface area (Å²) in [6, 6.07) is 12.3. The van der Waals surface area contributed by atoms with E-state index in [4.69, 9.17) is 33.0 Å². The van der Waals surface area contributed by atoms with Crippen LogP contribution in [0, 0.1) is 11.7 Å². The third kappa shape index (κ3) is 3.58. The topological polar surface area (TPSA) is 96.7 Å². The van der Waals surface area contributed by atoms with Gasteiger partial charge in [0.05, 0.1) is 33.6 Å². The van der Waals surface area contributed by atoms with Crippen molar-refractivity contribution in [2.75, 3.05) is 18.5 Å². The molecule has 3 aliphatic heterocycles. The molecule has 1 amide bonds. The van der Waals surface area contributed by atoms with Gasteiger partial charge in [0.1, 0.15) is 18.0 Å². The Balaban J connectivity index is 1.43. The Morgan fingerprint density at radius 2 is 1.95 bits per heavy atom. The predicted molar refractivity (Wildman–Crippen MR) is 151 cm³/mol. The molecule has 1 saturated heterocycles. The van der Waals surface area contributed by atoms with Gasteiger partial charge in [0.2, 0.25) is 11.8 Å². The maximum Gasteiger partial charge on any atom is 0.335 e. The fraction of sp³-hybridized carbons (Fsp3) is 0.300. The van der Waals surface area contributed by atoms with Gasteiger partial charge in [-0.2, -0.15) is 5.10 Å². The molecule has 1 spiro atoms. The van der Waals surface area contributed by atoms with Crippen molar-refractivity contribution in [3.63, 3.8) is 0 Å². The summed E-state index contributed by atoms with van der Waals surface area (Å²) in [5.41, 5.74) is -0.341. The van der Waals surface area contributed by atoms with Gasteiger partial charge in [0.15, 0.2) is 0 Å². The second-order valence-corrected chi connectivity index (χ2v) is 12.3. The molecule has 0 radical (unpaired) electrons. The summed E-state index contributed by atoms with van der Waals surface area (Å²) in [6.07, 6.45) is -0.335. The predicted octanol–water partition coefficient (Wildman–Crippen LogP) is 6.08. The monoisotopic (exact) mass is 628 g/mol. The molecule has 4 heterocycles. The number of amides is 1. The number of halogens is 5. The zero-order valence-corrected chi connectivity index (χ0v) is 23.5. The summed E-state index contributed by atoms with van der Waals surface area (Å²) in [5, 5.41) is 17.9. The Bertz CT molecular complexity index is 1900. The zero-order chi connectivity index (χ0) is 30.0. The zero-order valence-electron chi connectivity index (χ0n) is 22.0. The summed E-state index contributed by atoms with van der Waals surface area (Å²) < 4.78 is 52.9. The minimum Gasteiger partial charge on any atom is -0.478 e. The fourth-order valence-corrected chi connectivity index (χ4v) is 7.70. The molecule has 4 aliphatic rings. The van der Waals surface area contributed by atoms with Gasteiger partial charge in [0.25, 0.3) is 5.92 Å². The van der Waals surface area contributed by atoms with Crippen molar-refractivity contribution in [2.45, 2.75) is 35.9 Å². The van der Waals surface area contributed by atoms with Crippen LogP contribution in [-0.2, 0) is 10.3 Å². The number of likely N-dealkylation sites (tertiary alicyclic amines) is 1. The summed E-state index contributed by atoms with van der Waals surface area (Å²) in [6.45, 7) is -0.175. The normalized spacial score (nSPS) is 28.3. The Morgan fingerprint density at radius 3 is 2.70 bits per heavy atom. The van der Waals surface area contributed by atoms with E-state index in [-0.39, 0.29) is 35.7 Å². The Kier molecular flexibility index (Phi) is 5.53. The average molecular weight is 629 g/mol. The molecule has 1 aromatic heterocycles. The summed E-state index contributed by atoms with van der Waals surface area (Å²) in [4.78, 5) is 27.8. The number of carboxylic acid groups (broad SMARTS) is 1. The summed E-state index contributed by atoms with van der Waals surface area (Å²) in [5.74, 6) is -7.01. The first-order chi connectivity index (χ1) is 20.5. The Morgan fingerprint density at radius 1 is 1.16 bits per heavy atom. The number of alkyl halides is 2. The summed E-state index contributed by atoms with van der Waals surface area (Å²) in [7, 11) is 0. The number of carbonyl (C=O) groups excluding carboxylic acids is 1. The quantitative estimate of drug-likeness (QED) is 0.284. The molecule has 4 aromatic rings. The van der Waals surface area contributed by atoms with E-state index in [2.05, 4.69) is 5.32 Å². The van der Waals surface area contributed by atoms with Crippen LogP contribution in [0.15, 0.2) is 54.6 Å². The van der Waals surface area contributed by atoms with Crippen molar-refractivity contribution < 1.29 is 32.6 Å². The molecular weight excluding hydrogens is 608 g/mol. The van der Waals surface area contributed by atoms with Crippen molar-refractivity contribution in [2.24, 2.45) is 5.92 Å². The molecule has 3 aromatic carbocycles. The van der Waals surface area contributed by atoms with E-state index in [1.807, 2.05) is 0 Å². The van der Waals surface area contributed by atoms with Crippen LogP contribution in [0.3, 0.4) is 0 Å². The van der Waals surface area contributed by atoms with Gasteiger partial charge in [-0.25, -0.2) is 22.6 Å². The second-order valence-electron chi connectivity index (χ2n) is 11.5. The van der Waals surface area contributed by atoms with Crippen LogP contribution >= 0.6 is 23.2 Å². The number of anilines is 1. The number of aromatic carboxylic acids is 1. The number of fused-ring (bicyclic) bond motifs is 7. The Hall–Kier alpha value is -3.80. The Labute approximate surface area is 251 Å². The molecule has 1 saturated carbocycles. The molecule has 43 heavy (non-hydrogen) atoms. The van der Waals surface area contributed by atoms with Crippen LogP contribution in [0.25, 0.3) is 10.9 Å². The number of carboxylic acids is 1. The smallest absolute Gasteiger partial charge is 0.335 e. The lowest BCUT2D eigenvalue weighted by Crippen LogP contribution is -2.54. The van der Waals surface area contributed by atoms with Crippen molar-refractivity contribution in [3.8, 4) is 5.88 Å². The first-order valence-corrected chi connectivity index (χ1v) is 14.4. The van der Waals surface area contributed by atoms with E-state index in [1.54, 1.807) is 46.0 Å². The van der Waals surface area contributed by atoms with E-state index in [9.17, 15) is 23.5 Å². The molecule has 0 unspecified atom stereocenters. The minimum atomic E-state index is -2.90. The van der Waals surface area contributed by atoms with E-state index >= 15 is 4.39 Å². The lowest BCUT2D eigenvalue weighted by molar-refractivity contribution is -0.128. The van der Waals surface area contributed by atoms with Crippen molar-refractivity contribution >= 4 is 51.7 Å². The maximum absolute atomic E-state index is 16.1. The number of hydrogen-bond donors (Lipinski definition) is 2. The molecule has 2 N–H and O–H groups in total. The molecule has 0 bridgehead atoms.